The first-order valence-electron chi connectivity index (χ1n) is 8.40. The van der Waals surface area contributed by atoms with Gasteiger partial charge in [0.05, 0.1) is 25.2 Å². The Morgan fingerprint density at radius 2 is 1.96 bits per heavy atom. The number of carbonyl (C=O) groups excluding carboxylic acids is 1. The Morgan fingerprint density at radius 1 is 1.11 bits per heavy atom. The van der Waals surface area contributed by atoms with E-state index in [1.54, 1.807) is 25.3 Å². The SMILES string of the molecule is COc1cccc(CCNC(=O)c2cnc(Nc3ccccc3F)cn2)c1. The second kappa shape index (κ2) is 8.75. The molecule has 6 nitrogen and oxygen atoms in total. The summed E-state index contributed by atoms with van der Waals surface area (Å²) >= 11 is 0. The zero-order valence-electron chi connectivity index (χ0n) is 14.8. The van der Waals surface area contributed by atoms with Gasteiger partial charge in [-0.3, -0.25) is 4.79 Å². The molecule has 0 unspecified atom stereocenters. The van der Waals surface area contributed by atoms with Crippen molar-refractivity contribution in [3.63, 3.8) is 0 Å². The van der Waals surface area contributed by atoms with Crippen LogP contribution in [0.1, 0.15) is 16.1 Å². The Bertz CT molecular complexity index is 916. The highest BCUT2D eigenvalue weighted by Gasteiger charge is 2.08. The van der Waals surface area contributed by atoms with Gasteiger partial charge in [0.1, 0.15) is 23.1 Å². The van der Waals surface area contributed by atoms with Crippen LogP contribution in [-0.4, -0.2) is 29.5 Å². The van der Waals surface area contributed by atoms with Gasteiger partial charge in [-0.1, -0.05) is 24.3 Å². The Balaban J connectivity index is 1.53. The van der Waals surface area contributed by atoms with Crippen LogP contribution < -0.4 is 15.4 Å². The van der Waals surface area contributed by atoms with E-state index in [-0.39, 0.29) is 11.6 Å². The molecule has 0 spiro atoms. The van der Waals surface area contributed by atoms with Crippen molar-refractivity contribution >= 4 is 17.4 Å². The first-order chi connectivity index (χ1) is 13.2. The zero-order valence-corrected chi connectivity index (χ0v) is 14.8. The molecule has 3 aromatic rings. The average Bonchev–Trinajstić information content (AvgIpc) is 2.70. The number of nitrogens with zero attached hydrogens (tertiary/aromatic N) is 2. The summed E-state index contributed by atoms with van der Waals surface area (Å²) in [5, 5.41) is 5.62. The monoisotopic (exact) mass is 366 g/mol. The highest BCUT2D eigenvalue weighted by atomic mass is 19.1. The number of nitrogens with one attached hydrogen (secondary N) is 2. The van der Waals surface area contributed by atoms with E-state index < -0.39 is 5.82 Å². The van der Waals surface area contributed by atoms with Crippen LogP contribution in [0, 0.1) is 5.82 Å². The Kier molecular flexibility index (Phi) is 5.94. The molecule has 0 radical (unpaired) electrons. The minimum absolute atomic E-state index is 0.194. The van der Waals surface area contributed by atoms with Gasteiger partial charge in [0.2, 0.25) is 0 Å². The molecule has 27 heavy (non-hydrogen) atoms. The van der Waals surface area contributed by atoms with Gasteiger partial charge >= 0.3 is 0 Å². The standard InChI is InChI=1S/C20H19FN4O2/c1-27-15-6-4-5-14(11-15)9-10-22-20(26)18-12-24-19(13-23-18)25-17-8-3-2-7-16(17)21/h2-8,11-13H,9-10H2,1H3,(H,22,26)(H,24,25). The number of halogens is 1. The molecule has 0 atom stereocenters. The van der Waals surface area contributed by atoms with E-state index in [0.29, 0.717) is 24.5 Å². The molecule has 0 fully saturated rings. The van der Waals surface area contributed by atoms with Crippen molar-refractivity contribution < 1.29 is 13.9 Å². The number of hydrogen-bond acceptors (Lipinski definition) is 5. The number of aromatic nitrogens is 2. The first kappa shape index (κ1) is 18.3. The molecular weight excluding hydrogens is 347 g/mol. The minimum atomic E-state index is -0.390. The average molecular weight is 366 g/mol. The number of methoxy groups -OCH3 is 1. The third-order valence-electron chi connectivity index (χ3n) is 3.85. The topological polar surface area (TPSA) is 76.1 Å². The fourth-order valence-corrected chi connectivity index (χ4v) is 2.45. The summed E-state index contributed by atoms with van der Waals surface area (Å²) in [6.07, 6.45) is 3.41. The molecule has 0 saturated carbocycles. The van der Waals surface area contributed by atoms with Gasteiger partial charge in [-0.25, -0.2) is 14.4 Å². The van der Waals surface area contributed by atoms with E-state index in [4.69, 9.17) is 4.74 Å². The first-order valence-corrected chi connectivity index (χ1v) is 8.40. The minimum Gasteiger partial charge on any atom is -0.497 e. The smallest absolute Gasteiger partial charge is 0.271 e. The van der Waals surface area contributed by atoms with E-state index in [1.165, 1.54) is 18.5 Å². The maximum atomic E-state index is 13.6. The van der Waals surface area contributed by atoms with Gasteiger partial charge in [-0.15, -0.1) is 0 Å². The van der Waals surface area contributed by atoms with E-state index in [2.05, 4.69) is 20.6 Å². The summed E-state index contributed by atoms with van der Waals surface area (Å²) in [6, 6.07) is 13.9. The van der Waals surface area contributed by atoms with Crippen LogP contribution in [0.15, 0.2) is 60.9 Å². The van der Waals surface area contributed by atoms with Gasteiger partial charge in [-0.2, -0.15) is 0 Å². The van der Waals surface area contributed by atoms with Crippen molar-refractivity contribution in [1.82, 2.24) is 15.3 Å². The van der Waals surface area contributed by atoms with E-state index >= 15 is 0 Å². The van der Waals surface area contributed by atoms with Crippen LogP contribution in [0.2, 0.25) is 0 Å². The van der Waals surface area contributed by atoms with Gasteiger partial charge in [0.25, 0.3) is 5.91 Å². The van der Waals surface area contributed by atoms with Crippen molar-refractivity contribution in [2.45, 2.75) is 6.42 Å². The van der Waals surface area contributed by atoms with Crippen molar-refractivity contribution in [3.05, 3.63) is 78.0 Å². The number of benzene rings is 2. The Morgan fingerprint density at radius 3 is 2.70 bits per heavy atom. The summed E-state index contributed by atoms with van der Waals surface area (Å²) in [5.41, 5.74) is 1.55. The van der Waals surface area contributed by atoms with Gasteiger partial charge in [0.15, 0.2) is 0 Å². The fraction of sp³-hybridized carbons (Fsp3) is 0.150. The molecule has 2 N–H and O–H groups in total. The predicted octanol–water partition coefficient (Wildman–Crippen LogP) is 3.34. The number of carbonyl (C=O) groups is 1. The number of amides is 1. The van der Waals surface area contributed by atoms with Crippen LogP contribution in [-0.2, 0) is 6.42 Å². The molecule has 1 heterocycles. The Hall–Kier alpha value is -3.48. The van der Waals surface area contributed by atoms with Crippen molar-refractivity contribution in [3.8, 4) is 5.75 Å². The highest BCUT2D eigenvalue weighted by molar-refractivity contribution is 5.92. The second-order valence-corrected chi connectivity index (χ2v) is 5.75. The van der Waals surface area contributed by atoms with Gasteiger partial charge in [-0.05, 0) is 36.2 Å². The Labute approximate surface area is 156 Å². The summed E-state index contributed by atoms with van der Waals surface area (Å²) in [5.74, 6) is 0.428. The van der Waals surface area contributed by atoms with Crippen LogP contribution in [0.25, 0.3) is 0 Å². The summed E-state index contributed by atoms with van der Waals surface area (Å²) in [6.45, 7) is 0.461. The van der Waals surface area contributed by atoms with E-state index in [1.807, 2.05) is 24.3 Å². The third kappa shape index (κ3) is 5.01. The molecule has 0 bridgehead atoms. The van der Waals surface area contributed by atoms with E-state index in [0.717, 1.165) is 11.3 Å². The van der Waals surface area contributed by atoms with Crippen molar-refractivity contribution in [2.75, 3.05) is 19.0 Å². The molecule has 1 amide bonds. The number of ether oxygens (including phenoxy) is 1. The molecule has 0 saturated heterocycles. The quantitative estimate of drug-likeness (QED) is 0.671. The normalized spacial score (nSPS) is 10.3. The summed E-state index contributed by atoms with van der Waals surface area (Å²) in [7, 11) is 1.62. The number of anilines is 2. The lowest BCUT2D eigenvalue weighted by Crippen LogP contribution is -2.26. The lowest BCUT2D eigenvalue weighted by molar-refractivity contribution is 0.0949. The van der Waals surface area contributed by atoms with Crippen molar-refractivity contribution in [2.24, 2.45) is 0 Å². The fourth-order valence-electron chi connectivity index (χ4n) is 2.45. The molecule has 1 aromatic heterocycles. The summed E-state index contributed by atoms with van der Waals surface area (Å²) < 4.78 is 18.8. The second-order valence-electron chi connectivity index (χ2n) is 5.75. The van der Waals surface area contributed by atoms with Crippen LogP contribution in [0.5, 0.6) is 5.75 Å². The molecule has 138 valence electrons. The maximum Gasteiger partial charge on any atom is 0.271 e. The van der Waals surface area contributed by atoms with E-state index in [9.17, 15) is 9.18 Å². The molecule has 0 aliphatic carbocycles. The number of hydrogen-bond donors (Lipinski definition) is 2. The number of para-hydroxylation sites is 1. The molecule has 0 aliphatic heterocycles. The zero-order chi connectivity index (χ0) is 19.1. The van der Waals surface area contributed by atoms with Crippen LogP contribution in [0.4, 0.5) is 15.9 Å². The maximum absolute atomic E-state index is 13.6. The van der Waals surface area contributed by atoms with Crippen molar-refractivity contribution in [1.29, 1.82) is 0 Å². The molecule has 3 rings (SSSR count). The molecule has 0 aliphatic rings. The lowest BCUT2D eigenvalue weighted by atomic mass is 10.1. The summed E-state index contributed by atoms with van der Waals surface area (Å²) in [4.78, 5) is 20.3. The van der Waals surface area contributed by atoms with Gasteiger partial charge in [0, 0.05) is 6.54 Å². The largest absolute Gasteiger partial charge is 0.497 e. The molecule has 7 heteroatoms. The lowest BCUT2D eigenvalue weighted by Gasteiger charge is -2.08. The highest BCUT2D eigenvalue weighted by Crippen LogP contribution is 2.17. The third-order valence-corrected chi connectivity index (χ3v) is 3.85. The molecular formula is C20H19FN4O2. The van der Waals surface area contributed by atoms with Crippen LogP contribution in [0.3, 0.4) is 0 Å². The van der Waals surface area contributed by atoms with Gasteiger partial charge < -0.3 is 15.4 Å². The number of rotatable bonds is 7. The molecule has 2 aromatic carbocycles. The predicted molar refractivity (Wildman–Crippen MR) is 101 cm³/mol. The van der Waals surface area contributed by atoms with Crippen LogP contribution >= 0.6 is 0 Å².